The molecule has 1 N–H and O–H groups in total. The Morgan fingerprint density at radius 1 is 0.926 bits per heavy atom. The van der Waals surface area contributed by atoms with E-state index in [1.807, 2.05) is 30.3 Å². The highest BCUT2D eigenvalue weighted by Crippen LogP contribution is 2.16. The molecule has 1 aliphatic rings. The Bertz CT molecular complexity index is 757. The summed E-state index contributed by atoms with van der Waals surface area (Å²) in [5.41, 5.74) is 3.34. The van der Waals surface area contributed by atoms with E-state index in [4.69, 9.17) is 11.6 Å². The molecule has 0 aromatic heterocycles. The van der Waals surface area contributed by atoms with E-state index in [0.29, 0.717) is 18.0 Å². The van der Waals surface area contributed by atoms with Gasteiger partial charge in [-0.15, -0.1) is 0 Å². The molecule has 3 rings (SSSR count). The van der Waals surface area contributed by atoms with Crippen molar-refractivity contribution in [1.82, 2.24) is 15.1 Å². The Balaban J connectivity index is 1.55. The first-order chi connectivity index (χ1) is 13.2. The molecule has 1 fully saturated rings. The molecule has 1 saturated heterocycles. The van der Waals surface area contributed by atoms with E-state index in [9.17, 15) is 4.79 Å². The molecule has 0 atom stereocenters. The zero-order valence-corrected chi connectivity index (χ0v) is 16.7. The van der Waals surface area contributed by atoms with Crippen LogP contribution >= 0.6 is 11.6 Å². The minimum absolute atomic E-state index is 0.00513. The van der Waals surface area contributed by atoms with Crippen molar-refractivity contribution in [2.45, 2.75) is 26.4 Å². The largest absolute Gasteiger partial charge is 0.352 e. The van der Waals surface area contributed by atoms with Crippen LogP contribution in [0.1, 0.15) is 23.6 Å². The summed E-state index contributed by atoms with van der Waals surface area (Å²) in [5.74, 6) is -0.00513. The Labute approximate surface area is 167 Å². The number of nitrogens with one attached hydrogen (secondary N) is 1. The molecule has 2 aromatic rings. The molecule has 0 radical (unpaired) electrons. The summed E-state index contributed by atoms with van der Waals surface area (Å²) in [5, 5.41) is 3.68. The van der Waals surface area contributed by atoms with Gasteiger partial charge in [0, 0.05) is 44.3 Å². The highest BCUT2D eigenvalue weighted by Gasteiger charge is 2.16. The number of nitrogens with zero attached hydrogens (tertiary/aromatic N) is 2. The molecule has 5 heteroatoms. The lowest BCUT2D eigenvalue weighted by Gasteiger charge is -2.34. The molecule has 27 heavy (non-hydrogen) atoms. The van der Waals surface area contributed by atoms with Crippen molar-refractivity contribution in [3.8, 4) is 0 Å². The van der Waals surface area contributed by atoms with Gasteiger partial charge in [0.05, 0.1) is 6.42 Å². The van der Waals surface area contributed by atoms with Crippen molar-refractivity contribution < 1.29 is 4.79 Å². The summed E-state index contributed by atoms with van der Waals surface area (Å²) >= 11 is 6.15. The van der Waals surface area contributed by atoms with Gasteiger partial charge in [0.15, 0.2) is 0 Å². The molecule has 1 heterocycles. The molecule has 4 nitrogen and oxygen atoms in total. The van der Waals surface area contributed by atoms with Crippen LogP contribution in [0.3, 0.4) is 0 Å². The van der Waals surface area contributed by atoms with Gasteiger partial charge in [0.25, 0.3) is 0 Å². The van der Waals surface area contributed by atoms with Gasteiger partial charge in [-0.05, 0) is 29.3 Å². The first-order valence-corrected chi connectivity index (χ1v) is 10.0. The highest BCUT2D eigenvalue weighted by atomic mass is 35.5. The molecule has 1 amide bonds. The van der Waals surface area contributed by atoms with Crippen LogP contribution in [0.4, 0.5) is 0 Å². The number of hydrogen-bond donors (Lipinski definition) is 1. The van der Waals surface area contributed by atoms with Gasteiger partial charge in [0.2, 0.25) is 5.91 Å². The van der Waals surface area contributed by atoms with Crippen LogP contribution in [-0.2, 0) is 24.3 Å². The number of halogens is 1. The summed E-state index contributed by atoms with van der Waals surface area (Å²) in [6.07, 6.45) is 0.306. The third kappa shape index (κ3) is 5.80. The second-order valence-electron chi connectivity index (χ2n) is 7.02. The van der Waals surface area contributed by atoms with Crippen LogP contribution in [0.15, 0.2) is 48.5 Å². The monoisotopic (exact) mass is 385 g/mol. The zero-order valence-electron chi connectivity index (χ0n) is 16.0. The van der Waals surface area contributed by atoms with E-state index in [1.165, 1.54) is 11.1 Å². The van der Waals surface area contributed by atoms with Gasteiger partial charge in [-0.2, -0.15) is 0 Å². The molecule has 1 aliphatic heterocycles. The fourth-order valence-corrected chi connectivity index (χ4v) is 3.66. The molecule has 0 unspecified atom stereocenters. The van der Waals surface area contributed by atoms with Crippen LogP contribution in [0, 0.1) is 0 Å². The molecule has 144 valence electrons. The van der Waals surface area contributed by atoms with Crippen molar-refractivity contribution in [2.24, 2.45) is 0 Å². The van der Waals surface area contributed by atoms with E-state index in [2.05, 4.69) is 40.2 Å². The predicted octanol–water partition coefficient (Wildman–Crippen LogP) is 3.34. The number of carbonyl (C=O) groups excluding carboxylic acids is 1. The summed E-state index contributed by atoms with van der Waals surface area (Å²) in [4.78, 5) is 17.3. The van der Waals surface area contributed by atoms with Gasteiger partial charge in [-0.3, -0.25) is 9.69 Å². The number of rotatable bonds is 7. The first-order valence-electron chi connectivity index (χ1n) is 9.67. The number of benzene rings is 2. The standard InChI is InChI=1S/C22H28ClN3O/c1-2-25-11-13-26(14-12-25)17-20-9-4-3-8-19(20)16-24-22(27)15-18-7-5-6-10-21(18)23/h3-10H,2,11-17H2,1H3,(H,24,27). The van der Waals surface area contributed by atoms with Crippen LogP contribution in [0.5, 0.6) is 0 Å². The van der Waals surface area contributed by atoms with E-state index >= 15 is 0 Å². The highest BCUT2D eigenvalue weighted by molar-refractivity contribution is 6.31. The van der Waals surface area contributed by atoms with Crippen molar-refractivity contribution >= 4 is 17.5 Å². The summed E-state index contributed by atoms with van der Waals surface area (Å²) in [6.45, 7) is 9.29. The minimum Gasteiger partial charge on any atom is -0.352 e. The van der Waals surface area contributed by atoms with E-state index in [1.54, 1.807) is 0 Å². The SMILES string of the molecule is CCN1CCN(Cc2ccccc2CNC(=O)Cc2ccccc2Cl)CC1. The van der Waals surface area contributed by atoms with Crippen LogP contribution in [-0.4, -0.2) is 48.4 Å². The first kappa shape index (κ1) is 19.9. The van der Waals surface area contributed by atoms with E-state index < -0.39 is 0 Å². The van der Waals surface area contributed by atoms with Crippen LogP contribution < -0.4 is 5.32 Å². The second-order valence-corrected chi connectivity index (χ2v) is 7.43. The molecule has 2 aromatic carbocycles. The lowest BCUT2D eigenvalue weighted by atomic mass is 10.1. The van der Waals surface area contributed by atoms with Crippen LogP contribution in [0.2, 0.25) is 5.02 Å². The number of amides is 1. The zero-order chi connectivity index (χ0) is 19.1. The predicted molar refractivity (Wildman–Crippen MR) is 111 cm³/mol. The van der Waals surface area contributed by atoms with E-state index in [0.717, 1.165) is 44.8 Å². The number of hydrogen-bond acceptors (Lipinski definition) is 3. The van der Waals surface area contributed by atoms with Gasteiger partial charge in [0.1, 0.15) is 0 Å². The topological polar surface area (TPSA) is 35.6 Å². The maximum Gasteiger partial charge on any atom is 0.224 e. The molecular formula is C22H28ClN3O. The minimum atomic E-state index is -0.00513. The Kier molecular flexibility index (Phi) is 7.27. The normalized spacial score (nSPS) is 15.6. The van der Waals surface area contributed by atoms with Crippen molar-refractivity contribution in [3.63, 3.8) is 0 Å². The van der Waals surface area contributed by atoms with Crippen molar-refractivity contribution in [2.75, 3.05) is 32.7 Å². The summed E-state index contributed by atoms with van der Waals surface area (Å²) < 4.78 is 0. The van der Waals surface area contributed by atoms with E-state index in [-0.39, 0.29) is 5.91 Å². The third-order valence-corrected chi connectivity index (χ3v) is 5.58. The maximum absolute atomic E-state index is 12.3. The maximum atomic E-state index is 12.3. The quantitative estimate of drug-likeness (QED) is 0.794. The van der Waals surface area contributed by atoms with Gasteiger partial charge in [-0.25, -0.2) is 0 Å². The average molecular weight is 386 g/mol. The fraction of sp³-hybridized carbons (Fsp3) is 0.409. The van der Waals surface area contributed by atoms with Gasteiger partial charge in [-0.1, -0.05) is 61.0 Å². The lowest BCUT2D eigenvalue weighted by Crippen LogP contribution is -2.45. The summed E-state index contributed by atoms with van der Waals surface area (Å²) in [6, 6.07) is 15.9. The fourth-order valence-electron chi connectivity index (χ4n) is 3.46. The number of likely N-dealkylation sites (N-methyl/N-ethyl adjacent to an activating group) is 1. The van der Waals surface area contributed by atoms with Crippen molar-refractivity contribution in [1.29, 1.82) is 0 Å². The number of carbonyl (C=O) groups is 1. The van der Waals surface area contributed by atoms with Gasteiger partial charge >= 0.3 is 0 Å². The lowest BCUT2D eigenvalue weighted by molar-refractivity contribution is -0.120. The van der Waals surface area contributed by atoms with Gasteiger partial charge < -0.3 is 10.2 Å². The number of piperazine rings is 1. The van der Waals surface area contributed by atoms with Crippen LogP contribution in [0.25, 0.3) is 0 Å². The molecule has 0 aliphatic carbocycles. The summed E-state index contributed by atoms with van der Waals surface area (Å²) in [7, 11) is 0. The average Bonchev–Trinajstić information content (AvgIpc) is 2.70. The van der Waals surface area contributed by atoms with Crippen molar-refractivity contribution in [3.05, 3.63) is 70.2 Å². The third-order valence-electron chi connectivity index (χ3n) is 5.21. The molecular weight excluding hydrogens is 358 g/mol. The molecule has 0 bridgehead atoms. The Morgan fingerprint density at radius 2 is 1.52 bits per heavy atom. The Hall–Kier alpha value is -1.88. The molecule has 0 spiro atoms. The smallest absolute Gasteiger partial charge is 0.224 e. The second kappa shape index (κ2) is 9.88. The Morgan fingerprint density at radius 3 is 2.19 bits per heavy atom. The molecule has 0 saturated carbocycles.